The first kappa shape index (κ1) is 27.1. The van der Waals surface area contributed by atoms with Gasteiger partial charge in [-0.15, -0.1) is 11.8 Å². The summed E-state index contributed by atoms with van der Waals surface area (Å²) in [5.74, 6) is -3.46. The van der Waals surface area contributed by atoms with Crippen LogP contribution in [0.4, 0.5) is 8.78 Å². The van der Waals surface area contributed by atoms with E-state index in [-0.39, 0.29) is 43.3 Å². The van der Waals surface area contributed by atoms with Gasteiger partial charge < -0.3 is 14.3 Å². The van der Waals surface area contributed by atoms with Gasteiger partial charge in [-0.25, -0.2) is 8.78 Å². The maximum atomic E-state index is 14.3. The quantitative estimate of drug-likeness (QED) is 0.215. The Morgan fingerprint density at radius 3 is 2.39 bits per heavy atom. The van der Waals surface area contributed by atoms with Crippen molar-refractivity contribution in [1.29, 1.82) is 0 Å². The Bertz CT molecular complexity index is 726. The normalized spacial score (nSPS) is 13.3. The molecule has 0 aliphatic rings. The summed E-state index contributed by atoms with van der Waals surface area (Å²) in [7, 11) is 0. The Kier molecular flexibility index (Phi) is 11.7. The lowest BCUT2D eigenvalue weighted by Crippen LogP contribution is -2.28. The number of esters is 2. The van der Waals surface area contributed by atoms with E-state index < -0.39 is 23.7 Å². The molecule has 1 aromatic carbocycles. The van der Waals surface area contributed by atoms with Crippen LogP contribution in [-0.4, -0.2) is 48.9 Å². The summed E-state index contributed by atoms with van der Waals surface area (Å²) >= 11 is 1.11. The monoisotopic (exact) mass is 458 g/mol. The van der Waals surface area contributed by atoms with E-state index in [1.807, 2.05) is 6.07 Å². The van der Waals surface area contributed by atoms with Crippen molar-refractivity contribution in [1.82, 2.24) is 0 Å². The molecule has 0 aliphatic carbocycles. The molecule has 0 spiro atoms. The molecule has 0 radical (unpaired) electrons. The summed E-state index contributed by atoms with van der Waals surface area (Å²) in [5, 5.41) is 0. The fraction of sp³-hybridized carbons (Fsp3) is 0.609. The van der Waals surface area contributed by atoms with Gasteiger partial charge in [-0.2, -0.15) is 0 Å². The third-order valence-corrected chi connectivity index (χ3v) is 5.85. The minimum absolute atomic E-state index is 0.00657. The second-order valence-electron chi connectivity index (χ2n) is 7.50. The van der Waals surface area contributed by atoms with Gasteiger partial charge >= 0.3 is 11.9 Å². The number of aldehydes is 1. The molecular formula is C23H32F2O5S. The summed E-state index contributed by atoms with van der Waals surface area (Å²) in [4.78, 5) is 34.7. The predicted octanol–water partition coefficient (Wildman–Crippen LogP) is 4.74. The molecule has 1 atom stereocenters. The molecule has 1 aromatic rings. The maximum absolute atomic E-state index is 14.3. The Hall–Kier alpha value is -1.96. The summed E-state index contributed by atoms with van der Waals surface area (Å²) in [6.07, 6.45) is 0.573. The molecule has 0 heterocycles. The Morgan fingerprint density at radius 2 is 1.74 bits per heavy atom. The molecule has 1 unspecified atom stereocenters. The Labute approximate surface area is 187 Å². The molecule has 174 valence electrons. The molecule has 0 aromatic heterocycles. The molecule has 0 N–H and O–H groups in total. The van der Waals surface area contributed by atoms with E-state index in [0.717, 1.165) is 17.3 Å². The van der Waals surface area contributed by atoms with E-state index in [2.05, 4.69) is 0 Å². The van der Waals surface area contributed by atoms with Gasteiger partial charge in [0.05, 0.1) is 19.0 Å². The number of benzene rings is 1. The lowest BCUT2D eigenvalue weighted by atomic mass is 9.78. The molecular weight excluding hydrogens is 426 g/mol. The molecule has 5 nitrogen and oxygen atoms in total. The molecule has 0 saturated heterocycles. The average molecular weight is 459 g/mol. The van der Waals surface area contributed by atoms with Crippen LogP contribution in [0.15, 0.2) is 24.3 Å². The van der Waals surface area contributed by atoms with E-state index in [0.29, 0.717) is 24.9 Å². The molecule has 31 heavy (non-hydrogen) atoms. The van der Waals surface area contributed by atoms with Crippen molar-refractivity contribution in [2.75, 3.05) is 24.7 Å². The number of ether oxygens (including phenoxy) is 2. The van der Waals surface area contributed by atoms with Crippen LogP contribution in [0.2, 0.25) is 0 Å². The first-order valence-corrected chi connectivity index (χ1v) is 11.6. The van der Waals surface area contributed by atoms with Gasteiger partial charge in [0, 0.05) is 24.7 Å². The number of carbonyl (C=O) groups is 3. The number of aryl methyl sites for hydroxylation is 1. The Balaban J connectivity index is 2.64. The van der Waals surface area contributed by atoms with E-state index in [1.165, 1.54) is 0 Å². The zero-order valence-electron chi connectivity index (χ0n) is 18.5. The summed E-state index contributed by atoms with van der Waals surface area (Å²) in [6, 6.07) is 7.14. The highest BCUT2D eigenvalue weighted by atomic mass is 32.2. The number of rotatable bonds is 15. The van der Waals surface area contributed by atoms with Crippen LogP contribution in [0.1, 0.15) is 57.6 Å². The first-order chi connectivity index (χ1) is 14.7. The van der Waals surface area contributed by atoms with Gasteiger partial charge in [0.2, 0.25) is 5.92 Å². The second kappa shape index (κ2) is 13.5. The van der Waals surface area contributed by atoms with Crippen LogP contribution in [0.25, 0.3) is 0 Å². The molecule has 0 amide bonds. The molecule has 1 rings (SSSR count). The van der Waals surface area contributed by atoms with Crippen LogP contribution in [0.3, 0.4) is 0 Å². The Morgan fingerprint density at radius 1 is 1.06 bits per heavy atom. The van der Waals surface area contributed by atoms with Crippen molar-refractivity contribution in [3.8, 4) is 0 Å². The van der Waals surface area contributed by atoms with Crippen LogP contribution in [0, 0.1) is 0 Å². The summed E-state index contributed by atoms with van der Waals surface area (Å²) < 4.78 is 38.4. The lowest BCUT2D eigenvalue weighted by molar-refractivity contribution is -0.143. The highest BCUT2D eigenvalue weighted by Gasteiger charge is 2.34. The van der Waals surface area contributed by atoms with Crippen molar-refractivity contribution < 1.29 is 32.6 Å². The number of thioether (sulfide) groups is 1. The van der Waals surface area contributed by atoms with Gasteiger partial charge in [0.25, 0.3) is 0 Å². The summed E-state index contributed by atoms with van der Waals surface area (Å²) in [5.41, 5.74) is 0.443. The predicted molar refractivity (Wildman–Crippen MR) is 118 cm³/mol. The fourth-order valence-electron chi connectivity index (χ4n) is 2.98. The van der Waals surface area contributed by atoms with Crippen molar-refractivity contribution in [2.45, 2.75) is 64.2 Å². The van der Waals surface area contributed by atoms with Crippen molar-refractivity contribution in [3.05, 3.63) is 35.4 Å². The zero-order chi connectivity index (χ0) is 23.3. The number of hydrogen-bond donors (Lipinski definition) is 0. The van der Waals surface area contributed by atoms with E-state index in [1.54, 1.807) is 39.0 Å². The standard InChI is InChI=1S/C23H32F2O5S/c1-4-29-20(27)10-9-18-7-6-8-19(15-18)22(3,17-26)11-12-23(24,25)13-14-31-16-21(28)30-5-2/h6-8,15,17H,4-5,9-14,16H2,1-3H3. The van der Waals surface area contributed by atoms with Crippen LogP contribution >= 0.6 is 11.8 Å². The van der Waals surface area contributed by atoms with Gasteiger partial charge in [0.15, 0.2) is 0 Å². The van der Waals surface area contributed by atoms with E-state index in [4.69, 9.17) is 9.47 Å². The topological polar surface area (TPSA) is 69.7 Å². The lowest BCUT2D eigenvalue weighted by Gasteiger charge is -2.27. The number of carbonyl (C=O) groups excluding carboxylic acids is 3. The SMILES string of the molecule is CCOC(=O)CCc1cccc(C(C)(C=O)CCC(F)(F)CCSCC(=O)OCC)c1. The highest BCUT2D eigenvalue weighted by Crippen LogP contribution is 2.34. The molecule has 8 heteroatoms. The average Bonchev–Trinajstić information content (AvgIpc) is 2.74. The zero-order valence-corrected chi connectivity index (χ0v) is 19.3. The third kappa shape index (κ3) is 10.3. The molecule has 0 aliphatic heterocycles. The number of halogens is 2. The van der Waals surface area contributed by atoms with Crippen LogP contribution < -0.4 is 0 Å². The third-order valence-electron chi connectivity index (χ3n) is 4.92. The maximum Gasteiger partial charge on any atom is 0.315 e. The minimum Gasteiger partial charge on any atom is -0.466 e. The molecule has 0 fully saturated rings. The molecule has 0 bridgehead atoms. The number of hydrogen-bond acceptors (Lipinski definition) is 6. The minimum atomic E-state index is -2.94. The van der Waals surface area contributed by atoms with Crippen molar-refractivity contribution >= 4 is 30.0 Å². The number of alkyl halides is 2. The fourth-order valence-corrected chi connectivity index (χ4v) is 3.82. The van der Waals surface area contributed by atoms with Crippen LogP contribution in [0.5, 0.6) is 0 Å². The van der Waals surface area contributed by atoms with E-state index >= 15 is 0 Å². The van der Waals surface area contributed by atoms with Crippen LogP contribution in [-0.2, 0) is 35.7 Å². The second-order valence-corrected chi connectivity index (χ2v) is 8.61. The van der Waals surface area contributed by atoms with Gasteiger partial charge in [-0.05, 0) is 50.5 Å². The van der Waals surface area contributed by atoms with Crippen molar-refractivity contribution in [2.24, 2.45) is 0 Å². The van der Waals surface area contributed by atoms with Gasteiger partial charge in [-0.3, -0.25) is 9.59 Å². The van der Waals surface area contributed by atoms with Crippen molar-refractivity contribution in [3.63, 3.8) is 0 Å². The summed E-state index contributed by atoms with van der Waals surface area (Å²) in [6.45, 7) is 5.66. The first-order valence-electron chi connectivity index (χ1n) is 10.5. The largest absolute Gasteiger partial charge is 0.466 e. The van der Waals surface area contributed by atoms with Gasteiger partial charge in [0.1, 0.15) is 6.29 Å². The smallest absolute Gasteiger partial charge is 0.315 e. The molecule has 0 saturated carbocycles. The van der Waals surface area contributed by atoms with E-state index in [9.17, 15) is 23.2 Å². The highest BCUT2D eigenvalue weighted by molar-refractivity contribution is 7.99. The van der Waals surface area contributed by atoms with Gasteiger partial charge in [-0.1, -0.05) is 24.3 Å².